The Balaban J connectivity index is 1.95. The molecule has 2 aromatic heterocycles. The van der Waals surface area contributed by atoms with Gasteiger partial charge in [0.25, 0.3) is 5.56 Å². The molecule has 0 saturated heterocycles. The van der Waals surface area contributed by atoms with E-state index in [0.29, 0.717) is 28.3 Å². The van der Waals surface area contributed by atoms with E-state index in [1.807, 2.05) is 0 Å². The number of pyridine rings is 1. The van der Waals surface area contributed by atoms with Gasteiger partial charge in [-0.2, -0.15) is 0 Å². The fourth-order valence-electron chi connectivity index (χ4n) is 2.42. The average molecular weight is 383 g/mol. The summed E-state index contributed by atoms with van der Waals surface area (Å²) in [5.74, 6) is -0.548. The van der Waals surface area contributed by atoms with E-state index in [1.165, 1.54) is 4.57 Å². The number of nitrogens with zero attached hydrogens (tertiary/aromatic N) is 3. The molecule has 0 aliphatic heterocycles. The van der Waals surface area contributed by atoms with Crippen molar-refractivity contribution >= 4 is 34.6 Å². The summed E-state index contributed by atoms with van der Waals surface area (Å²) in [6, 6.07) is 9.90. The summed E-state index contributed by atoms with van der Waals surface area (Å²) in [5.41, 5.74) is 0.835. The van der Waals surface area contributed by atoms with Gasteiger partial charge in [-0.05, 0) is 31.2 Å². The number of benzene rings is 1. The number of hydrogen-bond acceptors (Lipinski definition) is 6. The number of imide groups is 1. The molecule has 138 valence electrons. The zero-order valence-corrected chi connectivity index (χ0v) is 15.3. The molecule has 27 heavy (non-hydrogen) atoms. The topological polar surface area (TPSA) is 106 Å². The highest BCUT2D eigenvalue weighted by Crippen LogP contribution is 2.20. The molecule has 0 radical (unpaired) electrons. The molecular formula is C18H17N5O3S. The summed E-state index contributed by atoms with van der Waals surface area (Å²) in [6.45, 7) is 2.17. The second-order valence-corrected chi connectivity index (χ2v) is 6.40. The van der Waals surface area contributed by atoms with Crippen molar-refractivity contribution in [3.8, 4) is 5.69 Å². The van der Waals surface area contributed by atoms with E-state index in [4.69, 9.17) is 0 Å². The lowest BCUT2D eigenvalue weighted by Crippen LogP contribution is -2.40. The smallest absolute Gasteiger partial charge is 0.321 e. The predicted octanol–water partition coefficient (Wildman–Crippen LogP) is 1.72. The first-order chi connectivity index (χ1) is 13.1. The van der Waals surface area contributed by atoms with Crippen LogP contribution < -0.4 is 16.2 Å². The number of para-hydroxylation sites is 1. The standard InChI is InChI=1S/C18H17N5O3S/c1-2-20-17(26)22-15(24)11-27-18-21-14-8-4-3-7-13(14)16(25)23(18)12-6-5-9-19-10-12/h3-10H,2,11H2,1H3,(H2,20,22,24,26). The lowest BCUT2D eigenvalue weighted by Gasteiger charge is -2.12. The minimum atomic E-state index is -0.556. The number of nitrogens with one attached hydrogen (secondary N) is 2. The van der Waals surface area contributed by atoms with Gasteiger partial charge >= 0.3 is 6.03 Å². The summed E-state index contributed by atoms with van der Waals surface area (Å²) in [5, 5.41) is 5.53. The van der Waals surface area contributed by atoms with Crippen LogP contribution in [0.15, 0.2) is 58.7 Å². The molecule has 0 fully saturated rings. The fraction of sp³-hybridized carbons (Fsp3) is 0.167. The van der Waals surface area contributed by atoms with Crippen LogP contribution in [0.5, 0.6) is 0 Å². The molecule has 0 unspecified atom stereocenters. The maximum Gasteiger partial charge on any atom is 0.321 e. The van der Waals surface area contributed by atoms with E-state index in [0.717, 1.165) is 11.8 Å². The molecule has 0 atom stereocenters. The zero-order valence-electron chi connectivity index (χ0n) is 14.5. The number of urea groups is 1. The summed E-state index contributed by atoms with van der Waals surface area (Å²) < 4.78 is 1.42. The maximum atomic E-state index is 13.0. The van der Waals surface area contributed by atoms with Gasteiger partial charge in [0.05, 0.1) is 28.5 Å². The molecular weight excluding hydrogens is 366 g/mol. The molecule has 3 rings (SSSR count). The van der Waals surface area contributed by atoms with Crippen molar-refractivity contribution in [2.45, 2.75) is 12.1 Å². The van der Waals surface area contributed by atoms with Crippen LogP contribution in [-0.2, 0) is 4.79 Å². The summed E-state index contributed by atoms with van der Waals surface area (Å²) in [7, 11) is 0. The molecule has 2 heterocycles. The third-order valence-electron chi connectivity index (χ3n) is 3.57. The Morgan fingerprint density at radius 3 is 2.74 bits per heavy atom. The van der Waals surface area contributed by atoms with Crippen molar-refractivity contribution in [1.82, 2.24) is 25.2 Å². The zero-order chi connectivity index (χ0) is 19.2. The van der Waals surface area contributed by atoms with Crippen LogP contribution in [0.2, 0.25) is 0 Å². The minimum Gasteiger partial charge on any atom is -0.338 e. The van der Waals surface area contributed by atoms with E-state index in [9.17, 15) is 14.4 Å². The number of carbonyl (C=O) groups is 2. The first-order valence-corrected chi connectivity index (χ1v) is 9.21. The number of thioether (sulfide) groups is 1. The SMILES string of the molecule is CCNC(=O)NC(=O)CSc1nc2ccccc2c(=O)n1-c1cccnc1. The van der Waals surface area contributed by atoms with Crippen LogP contribution in [0, 0.1) is 0 Å². The third-order valence-corrected chi connectivity index (χ3v) is 4.51. The van der Waals surface area contributed by atoms with Gasteiger partial charge in [-0.15, -0.1) is 0 Å². The molecule has 2 N–H and O–H groups in total. The largest absolute Gasteiger partial charge is 0.338 e. The van der Waals surface area contributed by atoms with Gasteiger partial charge in [0, 0.05) is 12.7 Å². The molecule has 0 saturated carbocycles. The van der Waals surface area contributed by atoms with Crippen LogP contribution >= 0.6 is 11.8 Å². The molecule has 1 aromatic carbocycles. The van der Waals surface area contributed by atoms with Gasteiger partial charge in [-0.25, -0.2) is 9.78 Å². The van der Waals surface area contributed by atoms with E-state index < -0.39 is 11.9 Å². The van der Waals surface area contributed by atoms with Crippen LogP contribution in [0.4, 0.5) is 4.79 Å². The molecule has 3 amide bonds. The number of rotatable bonds is 5. The summed E-state index contributed by atoms with van der Waals surface area (Å²) >= 11 is 1.07. The third kappa shape index (κ3) is 4.32. The predicted molar refractivity (Wildman–Crippen MR) is 103 cm³/mol. The van der Waals surface area contributed by atoms with Gasteiger partial charge in [0.15, 0.2) is 5.16 Å². The highest BCUT2D eigenvalue weighted by molar-refractivity contribution is 7.99. The van der Waals surface area contributed by atoms with E-state index >= 15 is 0 Å². The second kappa shape index (κ2) is 8.45. The maximum absolute atomic E-state index is 13.0. The van der Waals surface area contributed by atoms with Crippen molar-refractivity contribution in [2.75, 3.05) is 12.3 Å². The fourth-order valence-corrected chi connectivity index (χ4v) is 3.23. The normalized spacial score (nSPS) is 10.6. The first kappa shape index (κ1) is 18.6. The Morgan fingerprint density at radius 1 is 1.19 bits per heavy atom. The second-order valence-electron chi connectivity index (χ2n) is 5.46. The summed E-state index contributed by atoms with van der Waals surface area (Å²) in [4.78, 5) is 45.0. The van der Waals surface area contributed by atoms with Gasteiger partial charge in [-0.3, -0.25) is 24.5 Å². The Bertz CT molecular complexity index is 1040. The molecule has 0 aliphatic carbocycles. The highest BCUT2D eigenvalue weighted by Gasteiger charge is 2.15. The van der Waals surface area contributed by atoms with E-state index in [2.05, 4.69) is 20.6 Å². The van der Waals surface area contributed by atoms with Gasteiger partial charge in [0.2, 0.25) is 5.91 Å². The van der Waals surface area contributed by atoms with Gasteiger partial charge < -0.3 is 5.32 Å². The van der Waals surface area contributed by atoms with Crippen LogP contribution in [0.1, 0.15) is 6.92 Å². The molecule has 0 bridgehead atoms. The Kier molecular flexibility index (Phi) is 5.82. The van der Waals surface area contributed by atoms with E-state index in [1.54, 1.807) is 55.7 Å². The van der Waals surface area contributed by atoms with Crippen LogP contribution in [0.3, 0.4) is 0 Å². The molecule has 0 aliphatic rings. The number of hydrogen-bond donors (Lipinski definition) is 2. The Hall–Kier alpha value is -3.20. The van der Waals surface area contributed by atoms with Crippen molar-refractivity contribution in [1.29, 1.82) is 0 Å². The van der Waals surface area contributed by atoms with Crippen molar-refractivity contribution in [3.63, 3.8) is 0 Å². The summed E-state index contributed by atoms with van der Waals surface area (Å²) in [6.07, 6.45) is 3.16. The van der Waals surface area contributed by atoms with Crippen molar-refractivity contribution < 1.29 is 9.59 Å². The van der Waals surface area contributed by atoms with Gasteiger partial charge in [-0.1, -0.05) is 23.9 Å². The van der Waals surface area contributed by atoms with E-state index in [-0.39, 0.29) is 11.3 Å². The highest BCUT2D eigenvalue weighted by atomic mass is 32.2. The molecule has 0 spiro atoms. The van der Waals surface area contributed by atoms with Crippen LogP contribution in [0.25, 0.3) is 16.6 Å². The lowest BCUT2D eigenvalue weighted by atomic mass is 10.2. The van der Waals surface area contributed by atoms with Gasteiger partial charge in [0.1, 0.15) is 0 Å². The molecule has 9 heteroatoms. The first-order valence-electron chi connectivity index (χ1n) is 8.23. The average Bonchev–Trinajstić information content (AvgIpc) is 2.67. The number of amides is 3. The number of carbonyl (C=O) groups excluding carboxylic acids is 2. The quantitative estimate of drug-likeness (QED) is 0.513. The number of fused-ring (bicyclic) bond motifs is 1. The van der Waals surface area contributed by atoms with Crippen LogP contribution in [-0.4, -0.2) is 38.8 Å². The Labute approximate surface area is 159 Å². The molecule has 3 aromatic rings. The Morgan fingerprint density at radius 2 is 2.00 bits per heavy atom. The monoisotopic (exact) mass is 383 g/mol. The minimum absolute atomic E-state index is 0.0673. The number of aromatic nitrogens is 3. The molecule has 8 nitrogen and oxygen atoms in total. The van der Waals surface area contributed by atoms with Crippen molar-refractivity contribution in [3.05, 3.63) is 59.1 Å². The van der Waals surface area contributed by atoms with Crippen molar-refractivity contribution in [2.24, 2.45) is 0 Å². The lowest BCUT2D eigenvalue weighted by molar-refractivity contribution is -0.117.